The van der Waals surface area contributed by atoms with Crippen LogP contribution in [0.25, 0.3) is 5.69 Å². The van der Waals surface area contributed by atoms with Gasteiger partial charge in [0.15, 0.2) is 5.88 Å². The van der Waals surface area contributed by atoms with E-state index < -0.39 is 22.0 Å². The number of likely N-dealkylation sites (N-methyl/N-ethyl adjacent to an activating group) is 1. The van der Waals surface area contributed by atoms with Gasteiger partial charge in [-0.15, -0.1) is 6.10 Å². The fourth-order valence-electron chi connectivity index (χ4n) is 6.20. The van der Waals surface area contributed by atoms with E-state index in [4.69, 9.17) is 24.3 Å². The smallest absolute Gasteiger partial charge is 0.741 e. The molecule has 1 aromatic heterocycles. The number of rotatable bonds is 4. The summed E-state index contributed by atoms with van der Waals surface area (Å²) in [4.78, 5) is 2.19. The molecule has 3 aliphatic rings. The Bertz CT molecular complexity index is 1340. The van der Waals surface area contributed by atoms with E-state index >= 15 is 0 Å². The van der Waals surface area contributed by atoms with Crippen LogP contribution < -0.4 is 13.8 Å². The van der Waals surface area contributed by atoms with E-state index in [1.54, 1.807) is 0 Å². The van der Waals surface area contributed by atoms with Crippen LogP contribution in [0, 0.1) is 5.92 Å². The Labute approximate surface area is 223 Å². The van der Waals surface area contributed by atoms with E-state index in [1.165, 1.54) is 5.56 Å². The molecule has 3 aromatic rings. The van der Waals surface area contributed by atoms with E-state index in [0.717, 1.165) is 46.2 Å². The van der Waals surface area contributed by atoms with Crippen LogP contribution in [0.4, 0.5) is 5.69 Å². The van der Waals surface area contributed by atoms with Gasteiger partial charge in [0.1, 0.15) is 0 Å². The van der Waals surface area contributed by atoms with Gasteiger partial charge in [0.2, 0.25) is 0 Å². The lowest BCUT2D eigenvalue weighted by Gasteiger charge is -2.55. The van der Waals surface area contributed by atoms with Crippen molar-refractivity contribution in [3.8, 4) is 11.6 Å². The van der Waals surface area contributed by atoms with Crippen LogP contribution in [0.3, 0.4) is 0 Å². The lowest BCUT2D eigenvalue weighted by Crippen LogP contribution is -2.60. The van der Waals surface area contributed by atoms with Crippen LogP contribution in [-0.2, 0) is 15.6 Å². The topological polar surface area (TPSA) is 62.6 Å². The van der Waals surface area contributed by atoms with Gasteiger partial charge >= 0.3 is 15.9 Å². The zero-order valence-corrected chi connectivity index (χ0v) is 23.2. The van der Waals surface area contributed by atoms with Crippen molar-refractivity contribution < 1.29 is 12.7 Å². The second-order valence-electron chi connectivity index (χ2n) is 10.5. The summed E-state index contributed by atoms with van der Waals surface area (Å²) in [6.07, 6.45) is 2.91. The minimum absolute atomic E-state index is 0.187. The largest absolute Gasteiger partial charge is 0.851 e. The van der Waals surface area contributed by atoms with Gasteiger partial charge in [0, 0.05) is 46.5 Å². The predicted octanol–water partition coefficient (Wildman–Crippen LogP) is 4.28. The molecule has 1 fully saturated rings. The standard InChI is InChI=1S/C28H30ClN3O3.Al.H/c1-5-9-20-23(27(35)32(30-20)17-10-7-6-8-11-17)24-25(33)18(26(24)34)15-22-28(2,3)19-14-16(29)12-13-21(19)31(22)4;;/h6-8,10-15,18,24-26,35H,5,9H2,1-4H3;;/q-2;+2;/p-1. The van der Waals surface area contributed by atoms with Gasteiger partial charge in [-0.1, -0.05) is 63.1 Å². The zero-order valence-electron chi connectivity index (χ0n) is 21.1. The summed E-state index contributed by atoms with van der Waals surface area (Å²) in [5, 5.41) is 19.5. The number of benzene rings is 2. The van der Waals surface area contributed by atoms with Crippen LogP contribution in [0.1, 0.15) is 49.9 Å². The molecule has 8 heteroatoms. The number of aromatic nitrogens is 2. The molecule has 1 aliphatic carbocycles. The summed E-state index contributed by atoms with van der Waals surface area (Å²) in [6, 6.07) is 16.0. The summed E-state index contributed by atoms with van der Waals surface area (Å²) in [6.45, 7) is 6.53. The molecule has 6 nitrogen and oxygen atoms in total. The van der Waals surface area contributed by atoms with E-state index in [9.17, 15) is 5.11 Å². The van der Waals surface area contributed by atoms with E-state index in [-0.39, 0.29) is 23.4 Å². The Morgan fingerprint density at radius 1 is 1.19 bits per heavy atom. The van der Waals surface area contributed by atoms with Crippen molar-refractivity contribution in [2.45, 2.75) is 57.2 Å². The third-order valence-electron chi connectivity index (χ3n) is 8.04. The Morgan fingerprint density at radius 2 is 1.97 bits per heavy atom. The predicted molar refractivity (Wildman–Crippen MR) is 141 cm³/mol. The maximum Gasteiger partial charge on any atom is 0.741 e. The van der Waals surface area contributed by atoms with Crippen molar-refractivity contribution in [2.75, 3.05) is 11.9 Å². The third kappa shape index (κ3) is 3.56. The van der Waals surface area contributed by atoms with Crippen molar-refractivity contribution in [1.29, 1.82) is 0 Å². The fraction of sp³-hybridized carbons (Fsp3) is 0.393. The van der Waals surface area contributed by atoms with Gasteiger partial charge in [-0.05, 0) is 48.2 Å². The van der Waals surface area contributed by atoms with Crippen LogP contribution >= 0.6 is 11.6 Å². The number of fused-ring (bicyclic) bond motifs is 4. The summed E-state index contributed by atoms with van der Waals surface area (Å²) in [5.41, 5.74) is 6.03. The van der Waals surface area contributed by atoms with Crippen LogP contribution in [0.5, 0.6) is 5.88 Å². The molecular weight excluding hydrogens is 489 g/mol. The van der Waals surface area contributed by atoms with Gasteiger partial charge in [0.05, 0.1) is 11.4 Å². The molecule has 3 heterocycles. The van der Waals surface area contributed by atoms with Crippen LogP contribution in [-0.4, -0.2) is 44.9 Å². The monoisotopic (exact) mass is 518 g/mol. The molecule has 4 atom stereocenters. The summed E-state index contributed by atoms with van der Waals surface area (Å²) in [7, 11) is 2.07. The molecule has 6 rings (SSSR count). The molecule has 0 spiro atoms. The van der Waals surface area contributed by atoms with Crippen LogP contribution in [0.15, 0.2) is 60.3 Å². The number of aryl methyl sites for hydroxylation is 1. The van der Waals surface area contributed by atoms with Crippen molar-refractivity contribution in [1.82, 2.24) is 9.78 Å². The quantitative estimate of drug-likeness (QED) is 0.483. The van der Waals surface area contributed by atoms with Crippen molar-refractivity contribution in [2.24, 2.45) is 5.92 Å². The normalized spacial score (nSPS) is 26.8. The van der Waals surface area contributed by atoms with Gasteiger partial charge < -0.3 is 17.6 Å². The van der Waals surface area contributed by atoms with Gasteiger partial charge in [-0.25, -0.2) is 4.68 Å². The second-order valence-corrected chi connectivity index (χ2v) is 11.8. The maximum absolute atomic E-state index is 13.9. The molecule has 0 amide bonds. The molecule has 36 heavy (non-hydrogen) atoms. The van der Waals surface area contributed by atoms with E-state index in [0.29, 0.717) is 5.88 Å². The molecule has 2 aromatic carbocycles. The highest BCUT2D eigenvalue weighted by Crippen LogP contribution is 2.53. The molecule has 1 saturated carbocycles. The average Bonchev–Trinajstić information content (AvgIpc) is 3.21. The molecule has 0 bridgehead atoms. The van der Waals surface area contributed by atoms with Crippen molar-refractivity contribution in [3.05, 3.63) is 82.1 Å². The molecule has 0 saturated heterocycles. The SMILES string of the molecule is CCCc1nn(-c2ccccc2)c2c1C1C([O-])C(C=C3N(C)c4ccc(Cl)cc4C3(C)C)C1[O][AlH][O]2. The van der Waals surface area contributed by atoms with E-state index in [2.05, 4.69) is 44.9 Å². The number of anilines is 1. The third-order valence-corrected chi connectivity index (χ3v) is 9.19. The lowest BCUT2D eigenvalue weighted by molar-refractivity contribution is -0.466. The highest BCUT2D eigenvalue weighted by Gasteiger charge is 2.51. The number of hydrogen-bond donors (Lipinski definition) is 0. The summed E-state index contributed by atoms with van der Waals surface area (Å²) in [5.74, 6) is 0.215. The molecule has 0 radical (unpaired) electrons. The molecule has 0 N–H and O–H groups in total. The number of allylic oxidation sites excluding steroid dienone is 1. The van der Waals surface area contributed by atoms with E-state index in [1.807, 2.05) is 47.1 Å². The molecule has 4 unspecified atom stereocenters. The fourth-order valence-corrected chi connectivity index (χ4v) is 7.41. The first kappa shape index (κ1) is 24.1. The van der Waals surface area contributed by atoms with Gasteiger partial charge in [-0.2, -0.15) is 5.10 Å². The minimum Gasteiger partial charge on any atom is -0.851 e. The lowest BCUT2D eigenvalue weighted by atomic mass is 9.64. The average molecular weight is 519 g/mol. The summed E-state index contributed by atoms with van der Waals surface area (Å²) < 4.78 is 14.5. The first-order valence-corrected chi connectivity index (χ1v) is 14.2. The van der Waals surface area contributed by atoms with Crippen molar-refractivity contribution in [3.63, 3.8) is 0 Å². The van der Waals surface area contributed by atoms with Gasteiger partial charge in [0.25, 0.3) is 0 Å². The Balaban J connectivity index is 1.38. The van der Waals surface area contributed by atoms with Crippen molar-refractivity contribution >= 4 is 33.2 Å². The highest BCUT2D eigenvalue weighted by atomic mass is 35.5. The minimum atomic E-state index is -1.33. The van der Waals surface area contributed by atoms with Gasteiger partial charge in [-0.3, -0.25) is 0 Å². The first-order valence-electron chi connectivity index (χ1n) is 12.7. The number of para-hydroxylation sites is 1. The Hall–Kier alpha value is -2.27. The first-order chi connectivity index (χ1) is 17.3. The number of halogens is 1. The zero-order chi connectivity index (χ0) is 25.2. The molecule has 186 valence electrons. The summed E-state index contributed by atoms with van der Waals surface area (Å²) >= 11 is 5.00. The Morgan fingerprint density at radius 3 is 2.72 bits per heavy atom. The Kier molecular flexibility index (Phi) is 5.98. The number of hydrogen-bond acceptors (Lipinski definition) is 5. The molecular formula is C28H30AlClN3O3-. The highest BCUT2D eigenvalue weighted by molar-refractivity contribution is 6.30. The second kappa shape index (κ2) is 8.94. The maximum atomic E-state index is 13.9. The number of nitrogens with zero attached hydrogens (tertiary/aromatic N) is 3. The molecule has 2 aliphatic heterocycles. The van der Waals surface area contributed by atoms with Crippen LogP contribution in [0.2, 0.25) is 5.02 Å².